The minimum atomic E-state index is -0.959. The minimum Gasteiger partial charge on any atom is -0.479 e. The van der Waals surface area contributed by atoms with Crippen molar-refractivity contribution in [3.05, 3.63) is 0 Å². The van der Waals surface area contributed by atoms with E-state index in [1.165, 1.54) is 6.92 Å². The Bertz CT molecular complexity index is 83.4. The fraction of sp³-hybridized carbons (Fsp3) is 0.750. The van der Waals surface area contributed by atoms with Crippen LogP contribution in [0.25, 0.3) is 0 Å². The van der Waals surface area contributed by atoms with Gasteiger partial charge in [0.1, 0.15) is 0 Å². The molecule has 0 aromatic rings. The standard InChI is InChI=1S/C4H8O3S/c1-3(4(5)6)7-2-8/h3,8H,2H2,1H3,(H,5,6). The van der Waals surface area contributed by atoms with E-state index in [4.69, 9.17) is 5.11 Å². The number of carbonyl (C=O) groups is 1. The Morgan fingerprint density at radius 2 is 2.50 bits per heavy atom. The van der Waals surface area contributed by atoms with Gasteiger partial charge in [0.15, 0.2) is 6.10 Å². The van der Waals surface area contributed by atoms with Crippen LogP contribution in [-0.4, -0.2) is 23.1 Å². The molecule has 0 saturated carbocycles. The molecule has 0 aliphatic carbocycles. The molecule has 0 radical (unpaired) electrons. The Kier molecular flexibility index (Phi) is 3.64. The number of thiol groups is 1. The van der Waals surface area contributed by atoms with Crippen LogP contribution in [0.2, 0.25) is 0 Å². The van der Waals surface area contributed by atoms with E-state index in [1.54, 1.807) is 0 Å². The Morgan fingerprint density at radius 1 is 2.00 bits per heavy atom. The van der Waals surface area contributed by atoms with E-state index in [-0.39, 0.29) is 5.94 Å². The van der Waals surface area contributed by atoms with Gasteiger partial charge in [-0.15, -0.1) is 0 Å². The summed E-state index contributed by atoms with van der Waals surface area (Å²) < 4.78 is 4.57. The molecule has 0 bridgehead atoms. The topological polar surface area (TPSA) is 46.5 Å². The highest BCUT2D eigenvalue weighted by atomic mass is 32.1. The lowest BCUT2D eigenvalue weighted by atomic mass is 10.4. The predicted octanol–water partition coefficient (Wildman–Crippen LogP) is 0.363. The molecule has 3 nitrogen and oxygen atoms in total. The molecule has 0 aromatic heterocycles. The maximum Gasteiger partial charge on any atom is 0.332 e. The zero-order chi connectivity index (χ0) is 6.57. The first-order chi connectivity index (χ1) is 3.68. The second-order valence-corrected chi connectivity index (χ2v) is 1.53. The molecule has 48 valence electrons. The third kappa shape index (κ3) is 2.87. The largest absolute Gasteiger partial charge is 0.479 e. The summed E-state index contributed by atoms with van der Waals surface area (Å²) in [7, 11) is 0. The van der Waals surface area contributed by atoms with Gasteiger partial charge < -0.3 is 9.84 Å². The molecule has 1 atom stereocenters. The highest BCUT2D eigenvalue weighted by molar-refractivity contribution is 7.80. The van der Waals surface area contributed by atoms with Crippen LogP contribution in [0, 0.1) is 0 Å². The maximum absolute atomic E-state index is 9.93. The zero-order valence-corrected chi connectivity index (χ0v) is 5.39. The van der Waals surface area contributed by atoms with Gasteiger partial charge in [-0.05, 0) is 6.92 Å². The van der Waals surface area contributed by atoms with Crippen molar-refractivity contribution in [1.82, 2.24) is 0 Å². The highest BCUT2D eigenvalue weighted by Gasteiger charge is 2.08. The molecule has 8 heavy (non-hydrogen) atoms. The van der Waals surface area contributed by atoms with E-state index in [0.717, 1.165) is 0 Å². The fourth-order valence-electron chi connectivity index (χ4n) is 0.183. The third-order valence-corrected chi connectivity index (χ3v) is 0.821. The average Bonchev–Trinajstić information content (AvgIpc) is 1.67. The average molecular weight is 136 g/mol. The highest BCUT2D eigenvalue weighted by Crippen LogP contribution is 1.90. The summed E-state index contributed by atoms with van der Waals surface area (Å²) in [6.07, 6.45) is -0.743. The van der Waals surface area contributed by atoms with Crippen LogP contribution in [0.4, 0.5) is 0 Å². The molecule has 0 rings (SSSR count). The number of rotatable bonds is 3. The van der Waals surface area contributed by atoms with Crippen molar-refractivity contribution in [2.45, 2.75) is 13.0 Å². The van der Waals surface area contributed by atoms with Crippen molar-refractivity contribution in [1.29, 1.82) is 0 Å². The van der Waals surface area contributed by atoms with Crippen molar-refractivity contribution < 1.29 is 14.6 Å². The van der Waals surface area contributed by atoms with E-state index >= 15 is 0 Å². The molecular weight excluding hydrogens is 128 g/mol. The molecule has 0 saturated heterocycles. The van der Waals surface area contributed by atoms with Gasteiger partial charge >= 0.3 is 5.97 Å². The van der Waals surface area contributed by atoms with Gasteiger partial charge in [-0.25, -0.2) is 4.79 Å². The Labute approximate surface area is 53.1 Å². The third-order valence-electron chi connectivity index (χ3n) is 0.672. The maximum atomic E-state index is 9.93. The zero-order valence-electron chi connectivity index (χ0n) is 4.50. The fourth-order valence-corrected chi connectivity index (χ4v) is 0.407. The lowest BCUT2D eigenvalue weighted by Gasteiger charge is -2.02. The summed E-state index contributed by atoms with van der Waals surface area (Å²) in [6, 6.07) is 0. The van der Waals surface area contributed by atoms with Gasteiger partial charge in [0.2, 0.25) is 0 Å². The Balaban J connectivity index is 3.32. The first-order valence-electron chi connectivity index (χ1n) is 2.13. The molecular formula is C4H8O3S. The second kappa shape index (κ2) is 3.74. The van der Waals surface area contributed by atoms with Crippen LogP contribution in [0.1, 0.15) is 6.92 Å². The van der Waals surface area contributed by atoms with Crippen molar-refractivity contribution in [3.8, 4) is 0 Å². The van der Waals surface area contributed by atoms with Crippen molar-refractivity contribution >= 4 is 18.6 Å². The van der Waals surface area contributed by atoms with Gasteiger partial charge in [0.05, 0.1) is 5.94 Å². The van der Waals surface area contributed by atoms with Gasteiger partial charge in [-0.1, -0.05) is 0 Å². The van der Waals surface area contributed by atoms with Crippen LogP contribution in [0.5, 0.6) is 0 Å². The lowest BCUT2D eigenvalue weighted by molar-refractivity contribution is -0.147. The molecule has 0 spiro atoms. The lowest BCUT2D eigenvalue weighted by Crippen LogP contribution is -2.18. The molecule has 0 aliphatic rings. The number of hydrogen-bond acceptors (Lipinski definition) is 3. The number of carboxylic acids is 1. The minimum absolute atomic E-state index is 0.146. The van der Waals surface area contributed by atoms with E-state index in [1.807, 2.05) is 0 Å². The quantitative estimate of drug-likeness (QED) is 0.435. The number of aliphatic carboxylic acids is 1. The molecule has 1 N–H and O–H groups in total. The smallest absolute Gasteiger partial charge is 0.332 e. The summed E-state index contributed by atoms with van der Waals surface area (Å²) in [4.78, 5) is 9.93. The van der Waals surface area contributed by atoms with Crippen LogP contribution in [0.15, 0.2) is 0 Å². The van der Waals surface area contributed by atoms with Crippen LogP contribution in [0.3, 0.4) is 0 Å². The summed E-state index contributed by atoms with van der Waals surface area (Å²) in [5, 5.41) is 8.15. The summed E-state index contributed by atoms with van der Waals surface area (Å²) in [6.45, 7) is 1.46. The summed E-state index contributed by atoms with van der Waals surface area (Å²) in [5.41, 5.74) is 0. The first-order valence-corrected chi connectivity index (χ1v) is 2.77. The first kappa shape index (κ1) is 7.78. The molecule has 1 unspecified atom stereocenters. The summed E-state index contributed by atoms with van der Waals surface area (Å²) in [5.74, 6) is -0.813. The molecule has 0 amide bonds. The molecule has 4 heteroatoms. The van der Waals surface area contributed by atoms with Crippen LogP contribution in [-0.2, 0) is 9.53 Å². The van der Waals surface area contributed by atoms with E-state index in [0.29, 0.717) is 0 Å². The van der Waals surface area contributed by atoms with Gasteiger partial charge in [-0.2, -0.15) is 12.6 Å². The SMILES string of the molecule is CC(OCS)C(=O)O. The van der Waals surface area contributed by atoms with E-state index in [9.17, 15) is 4.79 Å². The van der Waals surface area contributed by atoms with Gasteiger partial charge in [0, 0.05) is 0 Å². The van der Waals surface area contributed by atoms with E-state index < -0.39 is 12.1 Å². The Hall–Kier alpha value is -0.220. The van der Waals surface area contributed by atoms with Crippen LogP contribution >= 0.6 is 12.6 Å². The van der Waals surface area contributed by atoms with Crippen LogP contribution < -0.4 is 0 Å². The van der Waals surface area contributed by atoms with Crippen molar-refractivity contribution in [3.63, 3.8) is 0 Å². The van der Waals surface area contributed by atoms with Gasteiger partial charge in [-0.3, -0.25) is 0 Å². The molecule has 0 aliphatic heterocycles. The summed E-state index contributed by atoms with van der Waals surface area (Å²) >= 11 is 3.67. The number of carboxylic acid groups (broad SMARTS) is 1. The molecule has 0 heterocycles. The molecule has 0 aromatic carbocycles. The second-order valence-electron chi connectivity index (χ2n) is 1.28. The van der Waals surface area contributed by atoms with E-state index in [2.05, 4.69) is 17.4 Å². The van der Waals surface area contributed by atoms with Gasteiger partial charge in [0.25, 0.3) is 0 Å². The Morgan fingerprint density at radius 3 is 2.62 bits per heavy atom. The normalized spacial score (nSPS) is 13.2. The van der Waals surface area contributed by atoms with Crippen molar-refractivity contribution in [2.75, 3.05) is 5.94 Å². The predicted molar refractivity (Wildman–Crippen MR) is 32.0 cm³/mol. The monoisotopic (exact) mass is 136 g/mol. The number of hydrogen-bond donors (Lipinski definition) is 2. The van der Waals surface area contributed by atoms with Crippen molar-refractivity contribution in [2.24, 2.45) is 0 Å². The molecule has 0 fully saturated rings. The number of ether oxygens (including phenoxy) is 1.